The van der Waals surface area contributed by atoms with Gasteiger partial charge in [-0.3, -0.25) is 0 Å². The van der Waals surface area contributed by atoms with Crippen molar-refractivity contribution in [1.82, 2.24) is 0 Å². The molecular formula is C21H30N2. The lowest BCUT2D eigenvalue weighted by Gasteiger charge is -2.11. The lowest BCUT2D eigenvalue weighted by atomic mass is 9.96. The molecule has 0 bridgehead atoms. The zero-order valence-electron chi connectivity index (χ0n) is 14.4. The average molecular weight is 310 g/mol. The number of rotatable bonds is 8. The van der Waals surface area contributed by atoms with E-state index in [0.29, 0.717) is 0 Å². The minimum Gasteiger partial charge on any atom is -0.402 e. The Labute approximate surface area is 141 Å². The molecular weight excluding hydrogens is 280 g/mol. The zero-order chi connectivity index (χ0) is 17.7. The summed E-state index contributed by atoms with van der Waals surface area (Å²) in [5.74, 6) is 0. The molecule has 0 amide bonds. The predicted octanol–water partition coefficient (Wildman–Crippen LogP) is 4.87. The van der Waals surface area contributed by atoms with Gasteiger partial charge in [0.1, 0.15) is 0 Å². The van der Waals surface area contributed by atoms with Crippen LogP contribution in [0.1, 0.15) is 25.7 Å². The van der Waals surface area contributed by atoms with Crippen molar-refractivity contribution in [3.63, 3.8) is 0 Å². The molecule has 124 valence electrons. The van der Waals surface area contributed by atoms with E-state index >= 15 is 0 Å². The van der Waals surface area contributed by atoms with Crippen molar-refractivity contribution in [3.05, 3.63) is 96.8 Å². The van der Waals surface area contributed by atoms with Crippen molar-refractivity contribution in [2.24, 2.45) is 11.5 Å². The van der Waals surface area contributed by atoms with Crippen molar-refractivity contribution in [3.8, 4) is 0 Å². The number of hydrogen-bond donors (Lipinski definition) is 2. The summed E-state index contributed by atoms with van der Waals surface area (Å²) >= 11 is 0. The molecule has 1 aliphatic rings. The predicted molar refractivity (Wildman–Crippen MR) is 105 cm³/mol. The highest BCUT2D eigenvalue weighted by Gasteiger charge is 2.04. The molecule has 23 heavy (non-hydrogen) atoms. The average Bonchev–Trinajstić information content (AvgIpc) is 2.55. The monoisotopic (exact) mass is 310 g/mol. The molecule has 0 spiro atoms. The quantitative estimate of drug-likeness (QED) is 0.628. The first-order chi connectivity index (χ1) is 11.0. The molecule has 0 aromatic rings. The summed E-state index contributed by atoms with van der Waals surface area (Å²) in [7, 11) is 1.50. The molecule has 4 N–H and O–H groups in total. The van der Waals surface area contributed by atoms with Crippen LogP contribution in [0.15, 0.2) is 96.8 Å². The molecule has 0 aromatic carbocycles. The first-order valence-corrected chi connectivity index (χ1v) is 7.73. The lowest BCUT2D eigenvalue weighted by molar-refractivity contribution is 0.861. The van der Waals surface area contributed by atoms with Crippen molar-refractivity contribution in [2.45, 2.75) is 25.7 Å². The summed E-state index contributed by atoms with van der Waals surface area (Å²) in [5.41, 5.74) is 15.7. The van der Waals surface area contributed by atoms with Gasteiger partial charge in [-0.25, -0.2) is 0 Å². The third kappa shape index (κ3) is 10.1. The highest BCUT2D eigenvalue weighted by Crippen LogP contribution is 2.22. The molecule has 1 aliphatic carbocycles. The first-order valence-electron chi connectivity index (χ1n) is 7.73. The molecule has 0 atom stereocenters. The van der Waals surface area contributed by atoms with E-state index in [-0.39, 0.29) is 0 Å². The smallest absolute Gasteiger partial charge is 0.00836 e. The number of allylic oxidation sites excluding steroid dienone is 12. The topological polar surface area (TPSA) is 52.0 Å². The number of nitrogens with two attached hydrogens (primary N) is 2. The number of hydrogen-bond acceptors (Lipinski definition) is 2. The molecule has 0 aliphatic heterocycles. The van der Waals surface area contributed by atoms with Crippen molar-refractivity contribution < 1.29 is 0 Å². The summed E-state index contributed by atoms with van der Waals surface area (Å²) in [4.78, 5) is 0. The van der Waals surface area contributed by atoms with Crippen LogP contribution in [-0.4, -0.2) is 7.05 Å². The van der Waals surface area contributed by atoms with Crippen LogP contribution >= 0.6 is 0 Å². The fourth-order valence-electron chi connectivity index (χ4n) is 2.04. The Kier molecular flexibility index (Phi) is 11.0. The van der Waals surface area contributed by atoms with Gasteiger partial charge in [0, 0.05) is 5.70 Å². The van der Waals surface area contributed by atoms with Gasteiger partial charge in [0.15, 0.2) is 0 Å². The summed E-state index contributed by atoms with van der Waals surface area (Å²) in [6.45, 7) is 15.8. The highest BCUT2D eigenvalue weighted by molar-refractivity contribution is 5.34. The van der Waals surface area contributed by atoms with E-state index in [1.165, 1.54) is 12.6 Å². The first kappa shape index (κ1) is 20.7. The Morgan fingerprint density at radius 3 is 2.17 bits per heavy atom. The maximum Gasteiger partial charge on any atom is 0.00836 e. The Hall–Kier alpha value is -2.32. The largest absolute Gasteiger partial charge is 0.402 e. The van der Waals surface area contributed by atoms with Crippen molar-refractivity contribution in [2.75, 3.05) is 7.05 Å². The van der Waals surface area contributed by atoms with Crippen molar-refractivity contribution >= 4 is 0 Å². The Morgan fingerprint density at radius 1 is 1.00 bits per heavy atom. The van der Waals surface area contributed by atoms with E-state index in [2.05, 4.69) is 38.1 Å². The fourth-order valence-corrected chi connectivity index (χ4v) is 2.04. The molecule has 0 saturated heterocycles. The second kappa shape index (κ2) is 12.2. The van der Waals surface area contributed by atoms with Gasteiger partial charge in [-0.2, -0.15) is 0 Å². The van der Waals surface area contributed by atoms with Gasteiger partial charge in [0.25, 0.3) is 0 Å². The van der Waals surface area contributed by atoms with E-state index in [9.17, 15) is 0 Å². The van der Waals surface area contributed by atoms with Crippen LogP contribution in [0, 0.1) is 0 Å². The molecule has 2 nitrogen and oxygen atoms in total. The minimum atomic E-state index is 0.760. The maximum atomic E-state index is 5.76. The molecule has 0 unspecified atom stereocenters. The van der Waals surface area contributed by atoms with E-state index in [0.717, 1.165) is 48.1 Å². The Balaban J connectivity index is 0.00000232. The molecule has 0 saturated carbocycles. The van der Waals surface area contributed by atoms with Gasteiger partial charge in [0.05, 0.1) is 0 Å². The van der Waals surface area contributed by atoms with Gasteiger partial charge in [-0.05, 0) is 38.8 Å². The van der Waals surface area contributed by atoms with Gasteiger partial charge in [-0.15, -0.1) is 0 Å². The van der Waals surface area contributed by atoms with Gasteiger partial charge >= 0.3 is 0 Å². The summed E-state index contributed by atoms with van der Waals surface area (Å²) in [6, 6.07) is 0. The summed E-state index contributed by atoms with van der Waals surface area (Å²) in [6.07, 6.45) is 17.4. The van der Waals surface area contributed by atoms with E-state index in [1.54, 1.807) is 6.08 Å². The molecule has 2 heteroatoms. The van der Waals surface area contributed by atoms with Crippen LogP contribution in [0.4, 0.5) is 0 Å². The maximum absolute atomic E-state index is 5.76. The molecule has 0 aromatic heterocycles. The van der Waals surface area contributed by atoms with Crippen LogP contribution in [-0.2, 0) is 0 Å². The fraction of sp³-hybridized carbons (Fsp3) is 0.238. The SMILES string of the molecule is C=C/C=C\C(=C)CC(=C)/C=C\C(=C)CC1=CC=C(N)CC1.CN. The van der Waals surface area contributed by atoms with Crippen LogP contribution in [0.2, 0.25) is 0 Å². The van der Waals surface area contributed by atoms with E-state index in [1.807, 2.05) is 30.4 Å². The van der Waals surface area contributed by atoms with Crippen LogP contribution in [0.5, 0.6) is 0 Å². The van der Waals surface area contributed by atoms with Crippen LogP contribution in [0.3, 0.4) is 0 Å². The Bertz CT molecular complexity index is 554. The molecule has 0 heterocycles. The third-order valence-corrected chi connectivity index (χ3v) is 3.20. The molecule has 0 fully saturated rings. The van der Waals surface area contributed by atoms with Gasteiger partial charge in [-0.1, -0.05) is 85.1 Å². The second-order valence-electron chi connectivity index (χ2n) is 5.32. The van der Waals surface area contributed by atoms with E-state index < -0.39 is 0 Å². The lowest BCUT2D eigenvalue weighted by Crippen LogP contribution is -2.01. The second-order valence-corrected chi connectivity index (χ2v) is 5.32. The van der Waals surface area contributed by atoms with E-state index in [4.69, 9.17) is 5.73 Å². The molecule has 0 radical (unpaired) electrons. The van der Waals surface area contributed by atoms with Crippen LogP contribution < -0.4 is 11.5 Å². The zero-order valence-corrected chi connectivity index (χ0v) is 14.4. The van der Waals surface area contributed by atoms with Crippen LogP contribution in [0.25, 0.3) is 0 Å². The summed E-state index contributed by atoms with van der Waals surface area (Å²) < 4.78 is 0. The molecule has 1 rings (SSSR count). The van der Waals surface area contributed by atoms with Crippen molar-refractivity contribution in [1.29, 1.82) is 0 Å². The standard InChI is InChI=1S/C20H25N.CH5N/c1-5-6-7-16(2)14-17(3)8-9-18(4)15-19-10-12-20(21)13-11-19;1-2/h5-10,12H,1-4,11,13-15,21H2;2H2,1H3/b7-6-,9-8-;. The minimum absolute atomic E-state index is 0.760. The van der Waals surface area contributed by atoms with Gasteiger partial charge in [0.2, 0.25) is 0 Å². The normalized spacial score (nSPS) is 13.8. The highest BCUT2D eigenvalue weighted by atomic mass is 14.6. The Morgan fingerprint density at radius 2 is 1.61 bits per heavy atom. The summed E-state index contributed by atoms with van der Waals surface area (Å²) in [5, 5.41) is 0. The third-order valence-electron chi connectivity index (χ3n) is 3.20. The van der Waals surface area contributed by atoms with Gasteiger partial charge < -0.3 is 11.5 Å².